The zero-order valence-corrected chi connectivity index (χ0v) is 17.8. The van der Waals surface area contributed by atoms with Crippen molar-refractivity contribution in [2.45, 2.75) is 32.8 Å². The van der Waals surface area contributed by atoms with Gasteiger partial charge in [-0.1, -0.05) is 68.2 Å². The molecule has 2 amide bonds. The normalized spacial score (nSPS) is 11.4. The highest BCUT2D eigenvalue weighted by molar-refractivity contribution is 6.44. The number of aromatic nitrogens is 2. The number of amides is 2. The van der Waals surface area contributed by atoms with Gasteiger partial charge in [0.2, 0.25) is 0 Å². The molecule has 0 radical (unpaired) electrons. The van der Waals surface area contributed by atoms with Gasteiger partial charge in [0, 0.05) is 17.0 Å². The standard InChI is InChI=1S/C21H22Cl2N4O2/c1-21(2,3)17-11-18(27(26-17)16-10-5-4-7-13(16)12-28)25-20(29)24-15-9-6-8-14(22)19(15)23/h4-11,28H,12H2,1-3H3,(H2,24,25,29). The number of anilines is 2. The highest BCUT2D eigenvalue weighted by Gasteiger charge is 2.22. The first kappa shape index (κ1) is 21.2. The number of halogens is 2. The Bertz CT molecular complexity index is 1040. The van der Waals surface area contributed by atoms with E-state index in [0.717, 1.165) is 5.69 Å². The number of hydrogen-bond acceptors (Lipinski definition) is 3. The summed E-state index contributed by atoms with van der Waals surface area (Å²) in [6.45, 7) is 5.96. The van der Waals surface area contributed by atoms with Gasteiger partial charge in [-0.15, -0.1) is 0 Å². The molecule has 0 aliphatic rings. The second-order valence-corrected chi connectivity index (χ2v) is 8.33. The molecule has 0 aliphatic heterocycles. The van der Waals surface area contributed by atoms with Gasteiger partial charge < -0.3 is 10.4 Å². The Morgan fingerprint density at radius 1 is 1.10 bits per heavy atom. The van der Waals surface area contributed by atoms with Crippen LogP contribution in [0.3, 0.4) is 0 Å². The van der Waals surface area contributed by atoms with Crippen molar-refractivity contribution >= 4 is 40.7 Å². The molecule has 8 heteroatoms. The van der Waals surface area contributed by atoms with Crippen LogP contribution < -0.4 is 10.6 Å². The lowest BCUT2D eigenvalue weighted by Crippen LogP contribution is -2.21. The van der Waals surface area contributed by atoms with E-state index in [-0.39, 0.29) is 17.0 Å². The molecular formula is C21H22Cl2N4O2. The van der Waals surface area contributed by atoms with Gasteiger partial charge in [0.25, 0.3) is 0 Å². The minimum atomic E-state index is -0.489. The van der Waals surface area contributed by atoms with Crippen LogP contribution in [0.15, 0.2) is 48.5 Å². The Hall–Kier alpha value is -2.54. The smallest absolute Gasteiger partial charge is 0.324 e. The van der Waals surface area contributed by atoms with Gasteiger partial charge in [-0.25, -0.2) is 9.48 Å². The highest BCUT2D eigenvalue weighted by atomic mass is 35.5. The number of carbonyl (C=O) groups excluding carboxylic acids is 1. The molecule has 6 nitrogen and oxygen atoms in total. The minimum absolute atomic E-state index is 0.148. The Labute approximate surface area is 179 Å². The summed E-state index contributed by atoms with van der Waals surface area (Å²) in [7, 11) is 0. The first-order valence-electron chi connectivity index (χ1n) is 9.02. The summed E-state index contributed by atoms with van der Waals surface area (Å²) in [5, 5.41) is 20.5. The predicted molar refractivity (Wildman–Crippen MR) is 117 cm³/mol. The molecule has 0 bridgehead atoms. The van der Waals surface area contributed by atoms with E-state index < -0.39 is 6.03 Å². The fourth-order valence-corrected chi connectivity index (χ4v) is 3.09. The maximum atomic E-state index is 12.6. The molecular weight excluding hydrogens is 411 g/mol. The van der Waals surface area contributed by atoms with Crippen LogP contribution in [0.5, 0.6) is 0 Å². The molecule has 152 valence electrons. The van der Waals surface area contributed by atoms with E-state index in [4.69, 9.17) is 23.2 Å². The SMILES string of the molecule is CC(C)(C)c1cc(NC(=O)Nc2cccc(Cl)c2Cl)n(-c2ccccc2CO)n1. The van der Waals surface area contributed by atoms with Gasteiger partial charge >= 0.3 is 6.03 Å². The molecule has 3 N–H and O–H groups in total. The fourth-order valence-electron chi connectivity index (χ4n) is 2.74. The average Bonchev–Trinajstić information content (AvgIpc) is 3.09. The van der Waals surface area contributed by atoms with Gasteiger partial charge in [-0.2, -0.15) is 5.10 Å². The molecule has 0 atom stereocenters. The number of rotatable bonds is 4. The van der Waals surface area contributed by atoms with E-state index in [1.165, 1.54) is 0 Å². The summed E-state index contributed by atoms with van der Waals surface area (Å²) in [4.78, 5) is 12.6. The van der Waals surface area contributed by atoms with Crippen molar-refractivity contribution in [2.24, 2.45) is 0 Å². The maximum absolute atomic E-state index is 12.6. The summed E-state index contributed by atoms with van der Waals surface area (Å²) in [6.07, 6.45) is 0. The van der Waals surface area contributed by atoms with Crippen molar-refractivity contribution in [3.63, 3.8) is 0 Å². The monoisotopic (exact) mass is 432 g/mol. The molecule has 0 fully saturated rings. The lowest BCUT2D eigenvalue weighted by atomic mass is 9.92. The molecule has 0 unspecified atom stereocenters. The molecule has 2 aromatic carbocycles. The average molecular weight is 433 g/mol. The summed E-state index contributed by atoms with van der Waals surface area (Å²) in [5.74, 6) is 0.464. The molecule has 3 rings (SSSR count). The molecule has 29 heavy (non-hydrogen) atoms. The van der Waals surface area contributed by atoms with Crippen molar-refractivity contribution < 1.29 is 9.90 Å². The number of para-hydroxylation sites is 1. The van der Waals surface area contributed by atoms with Crippen molar-refractivity contribution in [3.05, 3.63) is 69.8 Å². The number of nitrogens with zero attached hydrogens (tertiary/aromatic N) is 2. The molecule has 0 spiro atoms. The number of carbonyl (C=O) groups is 1. The van der Waals surface area contributed by atoms with E-state index in [1.807, 2.05) is 51.1 Å². The Morgan fingerprint density at radius 2 is 1.83 bits per heavy atom. The van der Waals surface area contributed by atoms with Gasteiger partial charge in [0.15, 0.2) is 0 Å². The fraction of sp³-hybridized carbons (Fsp3) is 0.238. The lowest BCUT2D eigenvalue weighted by molar-refractivity contribution is 0.262. The number of urea groups is 1. The number of nitrogens with one attached hydrogen (secondary N) is 2. The first-order chi connectivity index (χ1) is 13.7. The largest absolute Gasteiger partial charge is 0.392 e. The Balaban J connectivity index is 1.96. The summed E-state index contributed by atoms with van der Waals surface area (Å²) in [6, 6.07) is 13.7. The van der Waals surface area contributed by atoms with E-state index in [2.05, 4.69) is 15.7 Å². The Kier molecular flexibility index (Phi) is 6.17. The van der Waals surface area contributed by atoms with E-state index >= 15 is 0 Å². The van der Waals surface area contributed by atoms with Gasteiger partial charge in [-0.05, 0) is 18.2 Å². The van der Waals surface area contributed by atoms with E-state index in [0.29, 0.717) is 27.8 Å². The van der Waals surface area contributed by atoms with Gasteiger partial charge in [0.1, 0.15) is 5.82 Å². The molecule has 0 saturated carbocycles. The number of aliphatic hydroxyl groups excluding tert-OH is 1. The van der Waals surface area contributed by atoms with Crippen LogP contribution in [0.25, 0.3) is 5.69 Å². The summed E-state index contributed by atoms with van der Waals surface area (Å²) in [5.41, 5.74) is 2.33. The van der Waals surface area contributed by atoms with Crippen molar-refractivity contribution in [1.82, 2.24) is 9.78 Å². The molecule has 0 saturated heterocycles. The third-order valence-electron chi connectivity index (χ3n) is 4.31. The highest BCUT2D eigenvalue weighted by Crippen LogP contribution is 2.30. The minimum Gasteiger partial charge on any atom is -0.392 e. The first-order valence-corrected chi connectivity index (χ1v) is 9.78. The lowest BCUT2D eigenvalue weighted by Gasteiger charge is -2.14. The van der Waals surface area contributed by atoms with Crippen molar-refractivity contribution in [2.75, 3.05) is 10.6 Å². The number of aliphatic hydroxyl groups is 1. The van der Waals surface area contributed by atoms with Gasteiger partial charge in [0.05, 0.1) is 33.7 Å². The molecule has 0 aliphatic carbocycles. The second kappa shape index (κ2) is 8.45. The van der Waals surface area contributed by atoms with Crippen LogP contribution in [0.1, 0.15) is 32.0 Å². The molecule has 1 heterocycles. The molecule has 1 aromatic heterocycles. The third kappa shape index (κ3) is 4.72. The summed E-state index contributed by atoms with van der Waals surface area (Å²) < 4.78 is 1.62. The van der Waals surface area contributed by atoms with Crippen LogP contribution in [-0.4, -0.2) is 20.9 Å². The van der Waals surface area contributed by atoms with Gasteiger partial charge in [-0.3, -0.25) is 5.32 Å². The molecule has 3 aromatic rings. The van der Waals surface area contributed by atoms with Crippen molar-refractivity contribution in [1.29, 1.82) is 0 Å². The zero-order chi connectivity index (χ0) is 21.2. The van der Waals surface area contributed by atoms with Crippen LogP contribution in [0.4, 0.5) is 16.3 Å². The second-order valence-electron chi connectivity index (χ2n) is 7.54. The third-order valence-corrected chi connectivity index (χ3v) is 5.13. The van der Waals surface area contributed by atoms with Crippen LogP contribution in [0, 0.1) is 0 Å². The number of hydrogen-bond donors (Lipinski definition) is 3. The van der Waals surface area contributed by atoms with E-state index in [9.17, 15) is 9.90 Å². The van der Waals surface area contributed by atoms with Crippen LogP contribution in [0.2, 0.25) is 10.0 Å². The number of benzene rings is 2. The van der Waals surface area contributed by atoms with Crippen LogP contribution >= 0.6 is 23.2 Å². The zero-order valence-electron chi connectivity index (χ0n) is 16.3. The van der Waals surface area contributed by atoms with Crippen LogP contribution in [-0.2, 0) is 12.0 Å². The van der Waals surface area contributed by atoms with Crippen molar-refractivity contribution in [3.8, 4) is 5.69 Å². The van der Waals surface area contributed by atoms with E-state index in [1.54, 1.807) is 22.9 Å². The quantitative estimate of drug-likeness (QED) is 0.500. The Morgan fingerprint density at radius 3 is 2.52 bits per heavy atom. The topological polar surface area (TPSA) is 79.2 Å². The predicted octanol–water partition coefficient (Wildman–Crippen LogP) is 5.61. The maximum Gasteiger partial charge on any atom is 0.324 e. The summed E-state index contributed by atoms with van der Waals surface area (Å²) >= 11 is 12.2.